The zero-order valence-corrected chi connectivity index (χ0v) is 17.8. The molecular weight excluding hydrogens is 418 g/mol. The molecule has 0 aliphatic heterocycles. The molecule has 0 unspecified atom stereocenters. The molecule has 31 heavy (non-hydrogen) atoms. The number of amides is 1. The molecule has 1 amide bonds. The van der Waals surface area contributed by atoms with E-state index < -0.39 is 20.9 Å². The van der Waals surface area contributed by atoms with Crippen LogP contribution in [0, 0.1) is 17.0 Å². The molecule has 3 aromatic carbocycles. The Kier molecular flexibility index (Phi) is 6.47. The molecule has 3 rings (SSSR count). The number of sulfonamides is 1. The van der Waals surface area contributed by atoms with E-state index in [1.807, 2.05) is 30.3 Å². The van der Waals surface area contributed by atoms with Crippen molar-refractivity contribution in [1.82, 2.24) is 4.31 Å². The number of nitro benzene ring substituents is 1. The average Bonchev–Trinajstić information content (AvgIpc) is 2.74. The van der Waals surface area contributed by atoms with E-state index in [4.69, 9.17) is 0 Å². The fraction of sp³-hybridized carbons (Fsp3) is 0.136. The van der Waals surface area contributed by atoms with Gasteiger partial charge in [0.25, 0.3) is 11.6 Å². The Bertz CT molecular complexity index is 1210. The second kappa shape index (κ2) is 9.07. The standard InChI is InChI=1S/C22H21N3O5S/c1-16-14-18(8-13-21(16)25(27)28)22(26)23-19-9-11-20(12-10-19)31(29,30)24(2)15-17-6-4-3-5-7-17/h3-14H,15H2,1-2H3,(H,23,26). The number of benzene rings is 3. The molecule has 0 heterocycles. The van der Waals surface area contributed by atoms with Crippen LogP contribution in [0.25, 0.3) is 0 Å². The van der Waals surface area contributed by atoms with E-state index in [1.165, 1.54) is 53.8 Å². The zero-order chi connectivity index (χ0) is 22.6. The number of nitrogens with one attached hydrogen (secondary N) is 1. The lowest BCUT2D eigenvalue weighted by atomic mass is 10.1. The van der Waals surface area contributed by atoms with Crippen molar-refractivity contribution in [2.24, 2.45) is 0 Å². The smallest absolute Gasteiger partial charge is 0.272 e. The van der Waals surface area contributed by atoms with Gasteiger partial charge in [0.2, 0.25) is 10.0 Å². The van der Waals surface area contributed by atoms with Crippen LogP contribution in [-0.2, 0) is 16.6 Å². The van der Waals surface area contributed by atoms with Crippen molar-refractivity contribution in [2.75, 3.05) is 12.4 Å². The predicted molar refractivity (Wildman–Crippen MR) is 117 cm³/mol. The highest BCUT2D eigenvalue weighted by Gasteiger charge is 2.21. The number of nitrogens with zero attached hydrogens (tertiary/aromatic N) is 2. The summed E-state index contributed by atoms with van der Waals surface area (Å²) in [6.45, 7) is 1.79. The quantitative estimate of drug-likeness (QED) is 0.442. The lowest BCUT2D eigenvalue weighted by molar-refractivity contribution is -0.385. The number of carbonyl (C=O) groups is 1. The second-order valence-corrected chi connectivity index (χ2v) is 9.03. The van der Waals surface area contributed by atoms with Crippen molar-refractivity contribution < 1.29 is 18.1 Å². The van der Waals surface area contributed by atoms with Gasteiger partial charge in [0, 0.05) is 36.5 Å². The molecule has 0 aliphatic carbocycles. The number of hydrogen-bond donors (Lipinski definition) is 1. The molecule has 0 aliphatic rings. The van der Waals surface area contributed by atoms with Crippen molar-refractivity contribution in [3.8, 4) is 0 Å². The summed E-state index contributed by atoms with van der Waals surface area (Å²) in [5.41, 5.74) is 1.86. The summed E-state index contributed by atoms with van der Waals surface area (Å²) in [6.07, 6.45) is 0. The first kappa shape index (κ1) is 22.1. The summed E-state index contributed by atoms with van der Waals surface area (Å²) in [4.78, 5) is 22.9. The number of anilines is 1. The summed E-state index contributed by atoms with van der Waals surface area (Å²) in [6, 6.07) is 19.2. The summed E-state index contributed by atoms with van der Waals surface area (Å²) < 4.78 is 26.9. The molecule has 3 aromatic rings. The molecule has 0 fully saturated rings. The van der Waals surface area contributed by atoms with Crippen molar-refractivity contribution in [2.45, 2.75) is 18.4 Å². The average molecular weight is 439 g/mol. The normalized spacial score (nSPS) is 11.3. The number of rotatable bonds is 7. The van der Waals surface area contributed by atoms with Crippen LogP contribution < -0.4 is 5.32 Å². The minimum absolute atomic E-state index is 0.0641. The van der Waals surface area contributed by atoms with Crippen LogP contribution in [0.3, 0.4) is 0 Å². The van der Waals surface area contributed by atoms with E-state index in [9.17, 15) is 23.3 Å². The number of hydrogen-bond acceptors (Lipinski definition) is 5. The van der Waals surface area contributed by atoms with E-state index in [1.54, 1.807) is 6.92 Å². The van der Waals surface area contributed by atoms with Crippen molar-refractivity contribution in [3.05, 3.63) is 99.6 Å². The van der Waals surface area contributed by atoms with Crippen molar-refractivity contribution in [3.63, 3.8) is 0 Å². The molecule has 0 radical (unpaired) electrons. The fourth-order valence-corrected chi connectivity index (χ4v) is 4.18. The number of aryl methyl sites for hydroxylation is 1. The number of carbonyl (C=O) groups excluding carboxylic acids is 1. The molecule has 1 N–H and O–H groups in total. The van der Waals surface area contributed by atoms with Gasteiger partial charge in [-0.3, -0.25) is 14.9 Å². The maximum absolute atomic E-state index is 12.8. The second-order valence-electron chi connectivity index (χ2n) is 6.98. The maximum Gasteiger partial charge on any atom is 0.272 e. The first-order valence-corrected chi connectivity index (χ1v) is 10.8. The van der Waals surface area contributed by atoms with E-state index in [2.05, 4.69) is 5.32 Å². The first-order valence-electron chi connectivity index (χ1n) is 9.35. The van der Waals surface area contributed by atoms with Crippen LogP contribution in [0.2, 0.25) is 0 Å². The van der Waals surface area contributed by atoms with Crippen LogP contribution in [0.4, 0.5) is 11.4 Å². The summed E-state index contributed by atoms with van der Waals surface area (Å²) >= 11 is 0. The Morgan fingerprint density at radius 1 is 1.03 bits per heavy atom. The molecular formula is C22H21N3O5S. The van der Waals surface area contributed by atoms with Gasteiger partial charge in [-0.05, 0) is 48.9 Å². The molecule has 0 atom stereocenters. The maximum atomic E-state index is 12.8. The minimum Gasteiger partial charge on any atom is -0.322 e. The van der Waals surface area contributed by atoms with Crippen LogP contribution in [0.15, 0.2) is 77.7 Å². The Hall–Kier alpha value is -3.56. The summed E-state index contributed by atoms with van der Waals surface area (Å²) in [7, 11) is -2.19. The molecule has 0 aromatic heterocycles. The van der Waals surface area contributed by atoms with Crippen LogP contribution in [0.5, 0.6) is 0 Å². The van der Waals surface area contributed by atoms with Crippen LogP contribution >= 0.6 is 0 Å². The molecule has 0 spiro atoms. The Labute approximate surface area is 180 Å². The van der Waals surface area contributed by atoms with Gasteiger partial charge in [0.05, 0.1) is 9.82 Å². The van der Waals surface area contributed by atoms with Gasteiger partial charge in [0.15, 0.2) is 0 Å². The Balaban J connectivity index is 1.71. The topological polar surface area (TPSA) is 110 Å². The largest absolute Gasteiger partial charge is 0.322 e. The minimum atomic E-state index is -3.70. The van der Waals surface area contributed by atoms with E-state index >= 15 is 0 Å². The van der Waals surface area contributed by atoms with E-state index in [-0.39, 0.29) is 22.7 Å². The van der Waals surface area contributed by atoms with Crippen LogP contribution in [-0.4, -0.2) is 30.6 Å². The third-order valence-corrected chi connectivity index (χ3v) is 6.54. The van der Waals surface area contributed by atoms with Gasteiger partial charge in [-0.2, -0.15) is 4.31 Å². The van der Waals surface area contributed by atoms with Gasteiger partial charge >= 0.3 is 0 Å². The highest BCUT2D eigenvalue weighted by molar-refractivity contribution is 7.89. The van der Waals surface area contributed by atoms with E-state index in [0.717, 1.165) is 5.56 Å². The summed E-state index contributed by atoms with van der Waals surface area (Å²) in [5.74, 6) is -0.449. The van der Waals surface area contributed by atoms with E-state index in [0.29, 0.717) is 11.3 Å². The lowest BCUT2D eigenvalue weighted by Gasteiger charge is -2.17. The van der Waals surface area contributed by atoms with Gasteiger partial charge in [-0.25, -0.2) is 8.42 Å². The third-order valence-electron chi connectivity index (χ3n) is 4.72. The molecule has 160 valence electrons. The monoisotopic (exact) mass is 439 g/mol. The van der Waals surface area contributed by atoms with Crippen molar-refractivity contribution >= 4 is 27.3 Å². The lowest BCUT2D eigenvalue weighted by Crippen LogP contribution is -2.26. The summed E-state index contributed by atoms with van der Waals surface area (Å²) in [5, 5.41) is 13.6. The molecule has 0 saturated carbocycles. The highest BCUT2D eigenvalue weighted by Crippen LogP contribution is 2.22. The van der Waals surface area contributed by atoms with Gasteiger partial charge in [-0.15, -0.1) is 0 Å². The molecule has 0 bridgehead atoms. The SMILES string of the molecule is Cc1cc(C(=O)Nc2ccc(S(=O)(=O)N(C)Cc3ccccc3)cc2)ccc1[N+](=O)[O-]. The third kappa shape index (κ3) is 5.14. The Morgan fingerprint density at radius 3 is 2.26 bits per heavy atom. The van der Waals surface area contributed by atoms with Gasteiger partial charge in [0.1, 0.15) is 0 Å². The first-order chi connectivity index (χ1) is 14.7. The van der Waals surface area contributed by atoms with Crippen LogP contribution in [0.1, 0.15) is 21.5 Å². The molecule has 8 nitrogen and oxygen atoms in total. The van der Waals surface area contributed by atoms with Gasteiger partial charge in [-0.1, -0.05) is 30.3 Å². The fourth-order valence-electron chi connectivity index (χ4n) is 3.02. The molecule has 0 saturated heterocycles. The predicted octanol–water partition coefficient (Wildman–Crippen LogP) is 3.98. The highest BCUT2D eigenvalue weighted by atomic mass is 32.2. The Morgan fingerprint density at radius 2 is 1.68 bits per heavy atom. The molecule has 9 heteroatoms. The number of nitro groups is 1. The zero-order valence-electron chi connectivity index (χ0n) is 17.0. The van der Waals surface area contributed by atoms with Gasteiger partial charge < -0.3 is 5.32 Å². The van der Waals surface area contributed by atoms with Crippen molar-refractivity contribution in [1.29, 1.82) is 0 Å².